The second-order valence-electron chi connectivity index (χ2n) is 6.48. The van der Waals surface area contributed by atoms with Gasteiger partial charge in [-0.05, 0) is 39.0 Å². The number of hydrogen-bond acceptors (Lipinski definition) is 5. The van der Waals surface area contributed by atoms with Gasteiger partial charge in [-0.1, -0.05) is 6.92 Å². The first-order chi connectivity index (χ1) is 12.7. The van der Waals surface area contributed by atoms with Crippen LogP contribution in [-0.4, -0.2) is 52.4 Å². The molecule has 27 heavy (non-hydrogen) atoms. The molecule has 8 nitrogen and oxygen atoms in total. The summed E-state index contributed by atoms with van der Waals surface area (Å²) in [5.74, 6) is 1.65. The number of guanidine groups is 1. The van der Waals surface area contributed by atoms with Gasteiger partial charge in [0.15, 0.2) is 5.96 Å². The van der Waals surface area contributed by atoms with Gasteiger partial charge in [-0.25, -0.2) is 0 Å². The second-order valence-corrected chi connectivity index (χ2v) is 6.48. The molecular weight excluding hydrogens is 459 g/mol. The van der Waals surface area contributed by atoms with Gasteiger partial charge in [0.2, 0.25) is 0 Å². The summed E-state index contributed by atoms with van der Waals surface area (Å²) in [5.41, 5.74) is 0. The zero-order chi connectivity index (χ0) is 18.6. The number of carbonyl (C=O) groups excluding carboxylic acids is 1. The van der Waals surface area contributed by atoms with Crippen LogP contribution in [0.4, 0.5) is 0 Å². The van der Waals surface area contributed by atoms with E-state index in [0.29, 0.717) is 19.4 Å². The van der Waals surface area contributed by atoms with Crippen molar-refractivity contribution < 1.29 is 9.53 Å². The first-order valence-corrected chi connectivity index (χ1v) is 9.81. The van der Waals surface area contributed by atoms with E-state index >= 15 is 0 Å². The van der Waals surface area contributed by atoms with Gasteiger partial charge in [-0.15, -0.1) is 34.2 Å². The van der Waals surface area contributed by atoms with Crippen molar-refractivity contribution in [2.75, 3.05) is 19.6 Å². The van der Waals surface area contributed by atoms with Gasteiger partial charge >= 0.3 is 5.97 Å². The van der Waals surface area contributed by atoms with Gasteiger partial charge < -0.3 is 19.9 Å². The van der Waals surface area contributed by atoms with E-state index in [1.807, 2.05) is 11.5 Å². The van der Waals surface area contributed by atoms with Crippen LogP contribution in [0.25, 0.3) is 0 Å². The standard InChI is InChI=1S/C18H32N6O2.HI/c1-3-16-23-22-14-24(16)13-12-21-18(19-4-2)20-11-7-10-17(25)26-15-8-5-6-9-15;/h14-15H,3-13H2,1-2H3,(H2,19,20,21);1H. The number of carbonyl (C=O) groups is 1. The third-order valence-corrected chi connectivity index (χ3v) is 4.41. The molecular formula is C18H33IN6O2. The number of aryl methyl sites for hydroxylation is 1. The summed E-state index contributed by atoms with van der Waals surface area (Å²) in [6.07, 6.45) is 8.29. The smallest absolute Gasteiger partial charge is 0.306 e. The number of nitrogens with zero attached hydrogens (tertiary/aromatic N) is 4. The summed E-state index contributed by atoms with van der Waals surface area (Å²) in [4.78, 5) is 16.3. The lowest BCUT2D eigenvalue weighted by Gasteiger charge is -2.12. The third-order valence-electron chi connectivity index (χ3n) is 4.41. The maximum atomic E-state index is 11.8. The number of esters is 1. The molecule has 0 atom stereocenters. The molecule has 0 spiro atoms. The van der Waals surface area contributed by atoms with E-state index in [1.54, 1.807) is 6.33 Å². The molecule has 0 radical (unpaired) electrons. The van der Waals surface area contributed by atoms with Gasteiger partial charge in [0.25, 0.3) is 0 Å². The molecule has 1 aromatic rings. The predicted octanol–water partition coefficient (Wildman–Crippen LogP) is 2.28. The van der Waals surface area contributed by atoms with Gasteiger partial charge in [0.05, 0.1) is 0 Å². The van der Waals surface area contributed by atoms with Crippen LogP contribution >= 0.6 is 24.0 Å². The van der Waals surface area contributed by atoms with Crippen LogP contribution in [0.3, 0.4) is 0 Å². The fourth-order valence-corrected chi connectivity index (χ4v) is 3.04. The molecule has 2 rings (SSSR count). The van der Waals surface area contributed by atoms with Crippen LogP contribution in [0.2, 0.25) is 0 Å². The molecule has 0 unspecified atom stereocenters. The van der Waals surface area contributed by atoms with Crippen molar-refractivity contribution in [3.8, 4) is 0 Å². The lowest BCUT2D eigenvalue weighted by atomic mass is 10.3. The Bertz CT molecular complexity index is 572. The van der Waals surface area contributed by atoms with Gasteiger partial charge in [-0.2, -0.15) is 0 Å². The Balaban J connectivity index is 0.00000364. The summed E-state index contributed by atoms with van der Waals surface area (Å²) in [6.45, 7) is 7.02. The van der Waals surface area contributed by atoms with Crippen molar-refractivity contribution in [3.63, 3.8) is 0 Å². The number of hydrogen-bond donors (Lipinski definition) is 2. The summed E-state index contributed by atoms with van der Waals surface area (Å²) < 4.78 is 7.50. The average molecular weight is 492 g/mol. The molecule has 1 aliphatic carbocycles. The Morgan fingerprint density at radius 3 is 2.81 bits per heavy atom. The van der Waals surface area contributed by atoms with Crippen molar-refractivity contribution in [1.82, 2.24) is 25.4 Å². The minimum absolute atomic E-state index is 0. The fraction of sp³-hybridized carbons (Fsp3) is 0.778. The summed E-state index contributed by atoms with van der Waals surface area (Å²) in [6, 6.07) is 0. The van der Waals surface area contributed by atoms with E-state index in [2.05, 4.69) is 32.7 Å². The maximum absolute atomic E-state index is 11.8. The minimum Gasteiger partial charge on any atom is -0.462 e. The van der Waals surface area contributed by atoms with Crippen molar-refractivity contribution in [1.29, 1.82) is 0 Å². The molecule has 0 aliphatic heterocycles. The van der Waals surface area contributed by atoms with Crippen molar-refractivity contribution in [2.24, 2.45) is 4.99 Å². The zero-order valence-electron chi connectivity index (χ0n) is 16.4. The molecule has 1 fully saturated rings. The summed E-state index contributed by atoms with van der Waals surface area (Å²) in [7, 11) is 0. The first-order valence-electron chi connectivity index (χ1n) is 9.81. The van der Waals surface area contributed by atoms with Gasteiger partial charge in [0, 0.05) is 39.0 Å². The van der Waals surface area contributed by atoms with Crippen LogP contribution in [0, 0.1) is 0 Å². The van der Waals surface area contributed by atoms with E-state index in [-0.39, 0.29) is 36.0 Å². The lowest BCUT2D eigenvalue weighted by molar-refractivity contribution is -0.148. The number of halogens is 1. The zero-order valence-corrected chi connectivity index (χ0v) is 18.8. The molecule has 0 amide bonds. The van der Waals surface area contributed by atoms with E-state index in [1.165, 1.54) is 12.8 Å². The van der Waals surface area contributed by atoms with Crippen LogP contribution < -0.4 is 10.6 Å². The number of aromatic nitrogens is 3. The largest absolute Gasteiger partial charge is 0.462 e. The SMILES string of the molecule is CCNC(=NCCCC(=O)OC1CCCC1)NCCn1cnnc1CC.I. The molecule has 1 saturated carbocycles. The van der Waals surface area contributed by atoms with Gasteiger partial charge in [0.1, 0.15) is 18.3 Å². The minimum atomic E-state index is -0.0928. The molecule has 1 aromatic heterocycles. The Hall–Kier alpha value is -1.39. The van der Waals surface area contributed by atoms with E-state index in [9.17, 15) is 4.79 Å². The number of rotatable bonds is 10. The molecule has 0 saturated heterocycles. The first kappa shape index (κ1) is 23.6. The van der Waals surface area contributed by atoms with Crippen LogP contribution in [0.15, 0.2) is 11.3 Å². The highest BCUT2D eigenvalue weighted by Crippen LogP contribution is 2.21. The highest BCUT2D eigenvalue weighted by atomic mass is 127. The Kier molecular flexibility index (Phi) is 12.0. The van der Waals surface area contributed by atoms with Gasteiger partial charge in [-0.3, -0.25) is 9.79 Å². The second kappa shape index (κ2) is 13.7. The number of nitrogens with one attached hydrogen (secondary N) is 2. The predicted molar refractivity (Wildman–Crippen MR) is 116 cm³/mol. The monoisotopic (exact) mass is 492 g/mol. The topological polar surface area (TPSA) is 93.4 Å². The third kappa shape index (κ3) is 8.89. The maximum Gasteiger partial charge on any atom is 0.306 e. The molecule has 0 bridgehead atoms. The van der Waals surface area contributed by atoms with Crippen molar-refractivity contribution >= 4 is 35.9 Å². The molecule has 9 heteroatoms. The average Bonchev–Trinajstić information content (AvgIpc) is 3.30. The molecule has 0 aromatic carbocycles. The summed E-state index contributed by atoms with van der Waals surface area (Å²) >= 11 is 0. The number of aliphatic imine (C=N–C) groups is 1. The molecule has 2 N–H and O–H groups in total. The van der Waals surface area contributed by atoms with Crippen molar-refractivity contribution in [2.45, 2.75) is 71.4 Å². The van der Waals surface area contributed by atoms with E-state index < -0.39 is 0 Å². The quantitative estimate of drug-likeness (QED) is 0.171. The normalized spacial score (nSPS) is 14.7. The fourth-order valence-electron chi connectivity index (χ4n) is 3.04. The molecule has 1 aliphatic rings. The van der Waals surface area contributed by atoms with E-state index in [0.717, 1.165) is 50.7 Å². The highest BCUT2D eigenvalue weighted by Gasteiger charge is 2.18. The van der Waals surface area contributed by atoms with Crippen LogP contribution in [0.1, 0.15) is 58.2 Å². The molecule has 154 valence electrons. The van der Waals surface area contributed by atoms with Crippen LogP contribution in [-0.2, 0) is 22.5 Å². The Morgan fingerprint density at radius 2 is 2.11 bits per heavy atom. The Morgan fingerprint density at radius 1 is 1.33 bits per heavy atom. The van der Waals surface area contributed by atoms with Crippen LogP contribution in [0.5, 0.6) is 0 Å². The van der Waals surface area contributed by atoms with E-state index in [4.69, 9.17) is 4.74 Å². The van der Waals surface area contributed by atoms with Crippen molar-refractivity contribution in [3.05, 3.63) is 12.2 Å². The lowest BCUT2D eigenvalue weighted by Crippen LogP contribution is -2.39. The molecule has 1 heterocycles. The summed E-state index contributed by atoms with van der Waals surface area (Å²) in [5, 5.41) is 14.5. The Labute approximate surface area is 179 Å². The number of ether oxygens (including phenoxy) is 1. The highest BCUT2D eigenvalue weighted by molar-refractivity contribution is 14.0.